The first kappa shape index (κ1) is 19.0. The van der Waals surface area contributed by atoms with Gasteiger partial charge in [0.2, 0.25) is 5.88 Å². The summed E-state index contributed by atoms with van der Waals surface area (Å²) in [6, 6.07) is 3.52. The van der Waals surface area contributed by atoms with Crippen molar-refractivity contribution < 1.29 is 18.3 Å². The molecule has 0 bridgehead atoms. The van der Waals surface area contributed by atoms with Crippen molar-refractivity contribution in [3.63, 3.8) is 0 Å². The maximum atomic E-state index is 12.6. The Kier molecular flexibility index (Phi) is 6.57. The second-order valence-corrected chi connectivity index (χ2v) is 5.95. The third kappa shape index (κ3) is 5.89. The van der Waals surface area contributed by atoms with Crippen LogP contribution in [0.3, 0.4) is 0 Å². The Bertz CT molecular complexity index is 693. The molecule has 0 unspecified atom stereocenters. The lowest BCUT2D eigenvalue weighted by Gasteiger charge is -2.10. The number of nitrogens with zero attached hydrogens (tertiary/aromatic N) is 3. The molecule has 2 aromatic rings. The highest BCUT2D eigenvalue weighted by molar-refractivity contribution is 9.10. The number of pyridine rings is 1. The van der Waals surface area contributed by atoms with Crippen LogP contribution < -0.4 is 15.6 Å². The molecule has 0 aliphatic heterocycles. The molecule has 2 heterocycles. The standard InChI is InChI=1S/C15H16BrF2N5O2/c1-2-3-6-25-13-5-4-10(7-21-13)11-8-20-12(9-19-11)22-23-14(24)15(16,17)18/h4-5,7-9H,2-3,6H2,1H3,(H,20,22)(H,23,24). The smallest absolute Gasteiger partial charge is 0.379 e. The molecule has 0 aromatic carbocycles. The maximum Gasteiger partial charge on any atom is 0.379 e. The van der Waals surface area contributed by atoms with Crippen LogP contribution >= 0.6 is 15.9 Å². The third-order valence-corrected chi connectivity index (χ3v) is 3.35. The average Bonchev–Trinajstić information content (AvgIpc) is 2.60. The van der Waals surface area contributed by atoms with Gasteiger partial charge in [0.1, 0.15) is 0 Å². The fraction of sp³-hybridized carbons (Fsp3) is 0.333. The Morgan fingerprint density at radius 1 is 1.24 bits per heavy atom. The summed E-state index contributed by atoms with van der Waals surface area (Å²) in [5, 5.41) is 0. The molecular formula is C15H16BrF2N5O2. The van der Waals surface area contributed by atoms with E-state index in [1.165, 1.54) is 12.4 Å². The molecule has 134 valence electrons. The fourth-order valence-corrected chi connectivity index (χ4v) is 1.77. The lowest BCUT2D eigenvalue weighted by Crippen LogP contribution is -2.39. The first-order valence-electron chi connectivity index (χ1n) is 7.44. The van der Waals surface area contributed by atoms with E-state index in [2.05, 4.69) is 27.3 Å². The number of hydrazine groups is 1. The minimum Gasteiger partial charge on any atom is -0.478 e. The predicted molar refractivity (Wildman–Crippen MR) is 91.3 cm³/mol. The number of alkyl halides is 3. The first-order chi connectivity index (χ1) is 11.9. The number of aromatic nitrogens is 3. The Morgan fingerprint density at radius 3 is 2.60 bits per heavy atom. The van der Waals surface area contributed by atoms with Gasteiger partial charge in [-0.1, -0.05) is 13.3 Å². The molecule has 0 aliphatic carbocycles. The first-order valence-corrected chi connectivity index (χ1v) is 8.24. The summed E-state index contributed by atoms with van der Waals surface area (Å²) in [7, 11) is 0. The van der Waals surface area contributed by atoms with Crippen LogP contribution in [0, 0.1) is 0 Å². The van der Waals surface area contributed by atoms with Crippen LogP contribution in [0.4, 0.5) is 14.6 Å². The van der Waals surface area contributed by atoms with Gasteiger partial charge in [-0.15, -0.1) is 0 Å². The summed E-state index contributed by atoms with van der Waals surface area (Å²) in [6.45, 7) is 2.69. The minimum atomic E-state index is -3.67. The van der Waals surface area contributed by atoms with Crippen LogP contribution in [0.1, 0.15) is 19.8 Å². The molecule has 2 rings (SSSR count). The topological polar surface area (TPSA) is 89.0 Å². The molecule has 0 saturated carbocycles. The molecule has 10 heteroatoms. The molecule has 0 saturated heterocycles. The van der Waals surface area contributed by atoms with Gasteiger partial charge in [-0.2, -0.15) is 8.78 Å². The Hall–Kier alpha value is -2.36. The summed E-state index contributed by atoms with van der Waals surface area (Å²) < 4.78 is 30.8. The van der Waals surface area contributed by atoms with E-state index in [9.17, 15) is 13.6 Å². The van der Waals surface area contributed by atoms with Gasteiger partial charge in [-0.3, -0.25) is 20.6 Å². The average molecular weight is 416 g/mol. The van der Waals surface area contributed by atoms with Crippen molar-refractivity contribution in [2.45, 2.75) is 24.6 Å². The van der Waals surface area contributed by atoms with Gasteiger partial charge < -0.3 is 4.74 Å². The van der Waals surface area contributed by atoms with E-state index >= 15 is 0 Å². The number of anilines is 1. The van der Waals surface area contributed by atoms with Crippen LogP contribution in [0.25, 0.3) is 11.3 Å². The summed E-state index contributed by atoms with van der Waals surface area (Å²) in [4.78, 5) is 19.7. The van der Waals surface area contributed by atoms with E-state index in [-0.39, 0.29) is 5.82 Å². The zero-order valence-corrected chi connectivity index (χ0v) is 14.9. The number of amides is 1. The van der Waals surface area contributed by atoms with Gasteiger partial charge in [0, 0.05) is 33.8 Å². The van der Waals surface area contributed by atoms with E-state index in [4.69, 9.17) is 4.74 Å². The second-order valence-electron chi connectivity index (χ2n) is 4.95. The number of ether oxygens (including phenoxy) is 1. The maximum absolute atomic E-state index is 12.6. The van der Waals surface area contributed by atoms with Gasteiger partial charge in [-0.25, -0.2) is 9.97 Å². The number of hydrogen-bond acceptors (Lipinski definition) is 6. The zero-order valence-electron chi connectivity index (χ0n) is 13.3. The lowest BCUT2D eigenvalue weighted by atomic mass is 10.2. The Labute approximate surface area is 151 Å². The van der Waals surface area contributed by atoms with E-state index in [1.54, 1.807) is 18.3 Å². The molecule has 0 radical (unpaired) electrons. The normalized spacial score (nSPS) is 11.0. The Balaban J connectivity index is 1.94. The van der Waals surface area contributed by atoms with Crippen LogP contribution in [0.5, 0.6) is 5.88 Å². The number of hydrogen-bond donors (Lipinski definition) is 2. The van der Waals surface area contributed by atoms with E-state index in [0.717, 1.165) is 18.4 Å². The molecule has 0 spiro atoms. The van der Waals surface area contributed by atoms with Crippen LogP contribution in [0.2, 0.25) is 0 Å². The molecule has 0 atom stereocenters. The quantitative estimate of drug-likeness (QED) is 0.391. The van der Waals surface area contributed by atoms with E-state index < -0.39 is 10.7 Å². The second kappa shape index (κ2) is 8.65. The van der Waals surface area contributed by atoms with Gasteiger partial charge >= 0.3 is 10.7 Å². The van der Waals surface area contributed by atoms with Gasteiger partial charge in [0.05, 0.1) is 24.7 Å². The van der Waals surface area contributed by atoms with Gasteiger partial charge in [0.25, 0.3) is 0 Å². The van der Waals surface area contributed by atoms with Crippen molar-refractivity contribution in [2.24, 2.45) is 0 Å². The Morgan fingerprint density at radius 2 is 2.04 bits per heavy atom. The largest absolute Gasteiger partial charge is 0.478 e. The summed E-state index contributed by atoms with van der Waals surface area (Å²) >= 11 is 1.95. The van der Waals surface area contributed by atoms with Crippen molar-refractivity contribution in [1.29, 1.82) is 0 Å². The number of carbonyl (C=O) groups excluding carboxylic acids is 1. The molecule has 0 aliphatic rings. The summed E-state index contributed by atoms with van der Waals surface area (Å²) in [5.41, 5.74) is 5.32. The lowest BCUT2D eigenvalue weighted by molar-refractivity contribution is -0.133. The highest BCUT2D eigenvalue weighted by atomic mass is 79.9. The highest BCUT2D eigenvalue weighted by Crippen LogP contribution is 2.21. The molecular weight excluding hydrogens is 400 g/mol. The van der Waals surface area contributed by atoms with Crippen molar-refractivity contribution in [1.82, 2.24) is 20.4 Å². The highest BCUT2D eigenvalue weighted by Gasteiger charge is 2.34. The van der Waals surface area contributed by atoms with Crippen molar-refractivity contribution in [3.8, 4) is 17.1 Å². The van der Waals surface area contributed by atoms with Crippen LogP contribution in [0.15, 0.2) is 30.7 Å². The van der Waals surface area contributed by atoms with Crippen molar-refractivity contribution in [3.05, 3.63) is 30.7 Å². The van der Waals surface area contributed by atoms with Crippen LogP contribution in [-0.2, 0) is 4.79 Å². The fourth-order valence-electron chi connectivity index (χ4n) is 1.67. The van der Waals surface area contributed by atoms with Crippen LogP contribution in [-0.4, -0.2) is 32.3 Å². The SMILES string of the molecule is CCCCOc1ccc(-c2cnc(NNC(=O)C(F)(F)Br)cn2)cn1. The van der Waals surface area contributed by atoms with Crippen molar-refractivity contribution in [2.75, 3.05) is 12.0 Å². The molecule has 7 nitrogen and oxygen atoms in total. The monoisotopic (exact) mass is 415 g/mol. The third-order valence-electron chi connectivity index (χ3n) is 2.99. The molecule has 2 aromatic heterocycles. The number of carbonyl (C=O) groups is 1. The zero-order chi connectivity index (χ0) is 18.3. The molecule has 1 amide bonds. The number of nitrogens with one attached hydrogen (secondary N) is 2. The molecule has 2 N–H and O–H groups in total. The number of unbranched alkanes of at least 4 members (excludes halogenated alkanes) is 1. The van der Waals surface area contributed by atoms with Gasteiger partial charge in [0.15, 0.2) is 5.82 Å². The number of halogens is 3. The van der Waals surface area contributed by atoms with E-state index in [1.807, 2.05) is 21.4 Å². The molecule has 0 fully saturated rings. The van der Waals surface area contributed by atoms with Gasteiger partial charge in [-0.05, 0) is 12.5 Å². The summed E-state index contributed by atoms with van der Waals surface area (Å²) in [6.07, 6.45) is 6.33. The minimum absolute atomic E-state index is 0.112. The molecule has 25 heavy (non-hydrogen) atoms. The van der Waals surface area contributed by atoms with Crippen molar-refractivity contribution >= 4 is 27.7 Å². The predicted octanol–water partition coefficient (Wildman–Crippen LogP) is 3.15. The summed E-state index contributed by atoms with van der Waals surface area (Å²) in [5.74, 6) is -0.899. The van der Waals surface area contributed by atoms with E-state index in [0.29, 0.717) is 18.2 Å². The number of rotatable bonds is 8.